The molecule has 5 nitrogen and oxygen atoms in total. The molecule has 1 fully saturated rings. The average Bonchev–Trinajstić information content (AvgIpc) is 2.92. The van der Waals surface area contributed by atoms with Crippen LogP contribution in [0.3, 0.4) is 0 Å². The first kappa shape index (κ1) is 23.4. The summed E-state index contributed by atoms with van der Waals surface area (Å²) < 4.78 is 5.53. The lowest BCUT2D eigenvalue weighted by atomic mass is 9.87. The van der Waals surface area contributed by atoms with Crippen molar-refractivity contribution in [1.29, 1.82) is 0 Å². The molecule has 2 rings (SSSR count). The molecule has 162 valence electrons. The van der Waals surface area contributed by atoms with Crippen LogP contribution in [0.15, 0.2) is 30.3 Å². The van der Waals surface area contributed by atoms with Crippen LogP contribution in [0, 0.1) is 11.8 Å². The van der Waals surface area contributed by atoms with Crippen molar-refractivity contribution in [2.45, 2.75) is 90.9 Å². The SMILES string of the molecule is CCCCCC[C@H](C)[C@@H](O)[C@H](C)C(=O)N1C(=O)OC(C)(C)[C@@H]1Cc1ccccc1. The molecule has 1 heterocycles. The van der Waals surface area contributed by atoms with Gasteiger partial charge in [-0.05, 0) is 38.2 Å². The van der Waals surface area contributed by atoms with Gasteiger partial charge in [-0.3, -0.25) is 4.79 Å². The van der Waals surface area contributed by atoms with Crippen LogP contribution in [0.4, 0.5) is 4.79 Å². The number of imide groups is 1. The van der Waals surface area contributed by atoms with E-state index in [1.807, 2.05) is 51.1 Å². The van der Waals surface area contributed by atoms with Gasteiger partial charge in [-0.15, -0.1) is 0 Å². The van der Waals surface area contributed by atoms with Crippen molar-refractivity contribution >= 4 is 12.0 Å². The van der Waals surface area contributed by atoms with Crippen molar-refractivity contribution in [2.24, 2.45) is 11.8 Å². The molecule has 0 bridgehead atoms. The Kier molecular flexibility index (Phi) is 8.26. The number of amides is 2. The Bertz CT molecular complexity index is 673. The highest BCUT2D eigenvalue weighted by Crippen LogP contribution is 2.34. The zero-order chi connectivity index (χ0) is 21.6. The van der Waals surface area contributed by atoms with Gasteiger partial charge in [0.2, 0.25) is 5.91 Å². The van der Waals surface area contributed by atoms with E-state index in [0.717, 1.165) is 24.8 Å². The van der Waals surface area contributed by atoms with Gasteiger partial charge in [0.1, 0.15) is 5.60 Å². The van der Waals surface area contributed by atoms with Crippen LogP contribution in [0.5, 0.6) is 0 Å². The van der Waals surface area contributed by atoms with Crippen LogP contribution in [0.1, 0.15) is 72.3 Å². The van der Waals surface area contributed by atoms with Gasteiger partial charge in [0.25, 0.3) is 0 Å². The summed E-state index contributed by atoms with van der Waals surface area (Å²) >= 11 is 0. The predicted octanol–water partition coefficient (Wildman–Crippen LogP) is 4.96. The normalized spacial score (nSPS) is 21.5. The summed E-state index contributed by atoms with van der Waals surface area (Å²) in [5, 5.41) is 10.8. The van der Waals surface area contributed by atoms with Crippen LogP contribution in [-0.4, -0.2) is 39.8 Å². The van der Waals surface area contributed by atoms with Crippen molar-refractivity contribution in [3.63, 3.8) is 0 Å². The molecule has 1 aromatic rings. The third-order valence-electron chi connectivity index (χ3n) is 6.17. The highest BCUT2D eigenvalue weighted by Gasteiger charge is 2.51. The number of hydrogen-bond donors (Lipinski definition) is 1. The quantitative estimate of drug-likeness (QED) is 0.561. The van der Waals surface area contributed by atoms with Gasteiger partial charge in [0.15, 0.2) is 0 Å². The van der Waals surface area contributed by atoms with Crippen LogP contribution in [-0.2, 0) is 16.0 Å². The molecule has 29 heavy (non-hydrogen) atoms. The summed E-state index contributed by atoms with van der Waals surface area (Å²) in [6.07, 6.45) is 4.55. The topological polar surface area (TPSA) is 66.8 Å². The van der Waals surface area contributed by atoms with Gasteiger partial charge in [-0.25, -0.2) is 9.69 Å². The summed E-state index contributed by atoms with van der Waals surface area (Å²) in [6, 6.07) is 9.39. The lowest BCUT2D eigenvalue weighted by Crippen LogP contribution is -2.50. The fourth-order valence-electron chi connectivity index (χ4n) is 4.12. The minimum Gasteiger partial charge on any atom is -0.441 e. The first-order valence-corrected chi connectivity index (χ1v) is 11.0. The van der Waals surface area contributed by atoms with Gasteiger partial charge in [0, 0.05) is 0 Å². The van der Waals surface area contributed by atoms with Gasteiger partial charge >= 0.3 is 6.09 Å². The molecule has 2 amide bonds. The molecule has 4 atom stereocenters. The molecule has 0 radical (unpaired) electrons. The molecule has 0 aromatic heterocycles. The Morgan fingerprint density at radius 3 is 2.45 bits per heavy atom. The summed E-state index contributed by atoms with van der Waals surface area (Å²) in [5.41, 5.74) is 0.262. The van der Waals surface area contributed by atoms with E-state index in [1.165, 1.54) is 17.7 Å². The monoisotopic (exact) mass is 403 g/mol. The van der Waals surface area contributed by atoms with Crippen molar-refractivity contribution in [3.8, 4) is 0 Å². The number of cyclic esters (lactones) is 1. The van der Waals surface area contributed by atoms with Crippen LogP contribution in [0.2, 0.25) is 0 Å². The first-order chi connectivity index (χ1) is 13.7. The maximum absolute atomic E-state index is 13.2. The molecule has 1 N–H and O–H groups in total. The molecule has 1 aliphatic heterocycles. The van der Waals surface area contributed by atoms with Crippen molar-refractivity contribution < 1.29 is 19.4 Å². The number of benzene rings is 1. The second kappa shape index (κ2) is 10.2. The van der Waals surface area contributed by atoms with Crippen LogP contribution >= 0.6 is 0 Å². The third kappa shape index (κ3) is 5.81. The molecular formula is C24H37NO4. The molecule has 0 spiro atoms. The summed E-state index contributed by atoms with van der Waals surface area (Å²) in [5.74, 6) is -1.00. The van der Waals surface area contributed by atoms with Crippen LogP contribution < -0.4 is 0 Å². The smallest absolute Gasteiger partial charge is 0.417 e. The van der Waals surface area contributed by atoms with E-state index in [4.69, 9.17) is 4.74 Å². The summed E-state index contributed by atoms with van der Waals surface area (Å²) in [4.78, 5) is 27.0. The number of rotatable bonds is 10. The molecule has 1 aliphatic rings. The number of aliphatic hydroxyl groups is 1. The second-order valence-electron chi connectivity index (χ2n) is 8.99. The lowest BCUT2D eigenvalue weighted by molar-refractivity contribution is -0.138. The molecule has 0 unspecified atom stereocenters. The molecule has 0 aliphatic carbocycles. The fourth-order valence-corrected chi connectivity index (χ4v) is 4.12. The van der Waals surface area contributed by atoms with Crippen molar-refractivity contribution in [1.82, 2.24) is 4.90 Å². The standard InChI is InChI=1S/C24H37NO4/c1-6-7-8-10-13-17(2)21(26)18(3)22(27)25-20(24(4,5)29-23(25)28)16-19-14-11-9-12-15-19/h9,11-12,14-15,17-18,20-21,26H,6-8,10,13,16H2,1-5H3/t17-,18-,20-,21+/m0/s1. The van der Waals surface area contributed by atoms with Crippen molar-refractivity contribution in [2.75, 3.05) is 0 Å². The van der Waals surface area contributed by atoms with E-state index in [-0.39, 0.29) is 11.8 Å². The van der Waals surface area contributed by atoms with Gasteiger partial charge in [0.05, 0.1) is 18.1 Å². The summed E-state index contributed by atoms with van der Waals surface area (Å²) in [7, 11) is 0. The maximum Gasteiger partial charge on any atom is 0.417 e. The van der Waals surface area contributed by atoms with E-state index < -0.39 is 29.8 Å². The third-order valence-corrected chi connectivity index (χ3v) is 6.17. The number of ether oxygens (including phenoxy) is 1. The molecular weight excluding hydrogens is 366 g/mol. The molecule has 5 heteroatoms. The second-order valence-corrected chi connectivity index (χ2v) is 8.99. The van der Waals surface area contributed by atoms with Gasteiger partial charge in [-0.1, -0.05) is 76.8 Å². The minimum absolute atomic E-state index is 0.00464. The van der Waals surface area contributed by atoms with E-state index in [2.05, 4.69) is 6.92 Å². The minimum atomic E-state index is -0.780. The number of carbonyl (C=O) groups is 2. The van der Waals surface area contributed by atoms with E-state index in [0.29, 0.717) is 6.42 Å². The Hall–Kier alpha value is -1.88. The van der Waals surface area contributed by atoms with E-state index in [1.54, 1.807) is 6.92 Å². The molecule has 0 saturated carbocycles. The van der Waals surface area contributed by atoms with E-state index in [9.17, 15) is 14.7 Å². The predicted molar refractivity (Wildman–Crippen MR) is 114 cm³/mol. The first-order valence-electron chi connectivity index (χ1n) is 11.0. The van der Waals surface area contributed by atoms with Crippen molar-refractivity contribution in [3.05, 3.63) is 35.9 Å². The fraction of sp³-hybridized carbons (Fsp3) is 0.667. The van der Waals surface area contributed by atoms with E-state index >= 15 is 0 Å². The number of nitrogens with zero attached hydrogens (tertiary/aromatic N) is 1. The molecule has 1 saturated heterocycles. The zero-order valence-corrected chi connectivity index (χ0v) is 18.6. The number of aliphatic hydroxyl groups excluding tert-OH is 1. The summed E-state index contributed by atoms with van der Waals surface area (Å²) in [6.45, 7) is 9.54. The average molecular weight is 404 g/mol. The highest BCUT2D eigenvalue weighted by atomic mass is 16.6. The van der Waals surface area contributed by atoms with Crippen LogP contribution in [0.25, 0.3) is 0 Å². The maximum atomic E-state index is 13.2. The largest absolute Gasteiger partial charge is 0.441 e. The Balaban J connectivity index is 2.10. The zero-order valence-electron chi connectivity index (χ0n) is 18.6. The molecule has 1 aromatic carbocycles. The lowest BCUT2D eigenvalue weighted by Gasteiger charge is -2.31. The Labute approximate surface area is 175 Å². The van der Waals surface area contributed by atoms with Gasteiger partial charge in [-0.2, -0.15) is 0 Å². The van der Waals surface area contributed by atoms with Gasteiger partial charge < -0.3 is 9.84 Å². The highest BCUT2D eigenvalue weighted by molar-refractivity contribution is 5.95. The number of carbonyl (C=O) groups excluding carboxylic acids is 2. The Morgan fingerprint density at radius 2 is 1.83 bits per heavy atom. The number of hydrogen-bond acceptors (Lipinski definition) is 4. The Morgan fingerprint density at radius 1 is 1.17 bits per heavy atom. The number of unbranched alkanes of at least 4 members (excludes halogenated alkanes) is 3.